The quantitative estimate of drug-likeness (QED) is 0.699. The third-order valence-electron chi connectivity index (χ3n) is 4.34. The van der Waals surface area contributed by atoms with Crippen molar-refractivity contribution in [2.75, 3.05) is 24.6 Å². The van der Waals surface area contributed by atoms with Gasteiger partial charge in [-0.05, 0) is 48.5 Å². The van der Waals surface area contributed by atoms with Crippen LogP contribution in [0.1, 0.15) is 45.4 Å². The fourth-order valence-electron chi connectivity index (χ4n) is 3.32. The Balaban J connectivity index is 1.75. The van der Waals surface area contributed by atoms with Crippen molar-refractivity contribution in [1.82, 2.24) is 5.32 Å². The summed E-state index contributed by atoms with van der Waals surface area (Å²) in [4.78, 5) is 0. The molecule has 0 bridgehead atoms. The standard InChI is InChI=1S/C13H25NS/c1-2-15-9-5-8-13(10-14-11-13)12-6-3-4-7-12/h12,14H,2-11H2,1H3. The summed E-state index contributed by atoms with van der Waals surface area (Å²) in [5.74, 6) is 3.73. The minimum Gasteiger partial charge on any atom is -0.316 e. The van der Waals surface area contributed by atoms with Crippen LogP contribution in [0.5, 0.6) is 0 Å². The van der Waals surface area contributed by atoms with Crippen molar-refractivity contribution in [3.05, 3.63) is 0 Å². The SMILES string of the molecule is CCSCCCC1(C2CCCC2)CNC1. The van der Waals surface area contributed by atoms with Crippen molar-refractivity contribution in [3.63, 3.8) is 0 Å². The topological polar surface area (TPSA) is 12.0 Å². The van der Waals surface area contributed by atoms with Crippen molar-refractivity contribution in [1.29, 1.82) is 0 Å². The first-order valence-corrected chi connectivity index (χ1v) is 7.81. The van der Waals surface area contributed by atoms with E-state index in [0.29, 0.717) is 0 Å². The van der Waals surface area contributed by atoms with E-state index >= 15 is 0 Å². The summed E-state index contributed by atoms with van der Waals surface area (Å²) in [7, 11) is 0. The molecule has 2 fully saturated rings. The molecule has 1 nitrogen and oxygen atoms in total. The Bertz CT molecular complexity index is 183. The molecule has 0 radical (unpaired) electrons. The molecule has 88 valence electrons. The van der Waals surface area contributed by atoms with E-state index < -0.39 is 0 Å². The summed E-state index contributed by atoms with van der Waals surface area (Å²) in [5, 5.41) is 3.51. The largest absolute Gasteiger partial charge is 0.316 e. The normalized spacial score (nSPS) is 25.4. The van der Waals surface area contributed by atoms with E-state index in [9.17, 15) is 0 Å². The molecule has 0 spiro atoms. The molecule has 0 amide bonds. The van der Waals surface area contributed by atoms with Gasteiger partial charge in [-0.3, -0.25) is 0 Å². The Morgan fingerprint density at radius 1 is 1.27 bits per heavy atom. The number of rotatable bonds is 6. The monoisotopic (exact) mass is 227 g/mol. The van der Waals surface area contributed by atoms with Gasteiger partial charge in [-0.25, -0.2) is 0 Å². The van der Waals surface area contributed by atoms with Crippen LogP contribution in [0, 0.1) is 11.3 Å². The molecule has 15 heavy (non-hydrogen) atoms. The summed E-state index contributed by atoms with van der Waals surface area (Å²) >= 11 is 2.11. The maximum atomic E-state index is 3.51. The van der Waals surface area contributed by atoms with E-state index in [1.54, 1.807) is 0 Å². The van der Waals surface area contributed by atoms with E-state index in [2.05, 4.69) is 24.0 Å². The highest BCUT2D eigenvalue weighted by molar-refractivity contribution is 7.99. The fourth-order valence-corrected chi connectivity index (χ4v) is 3.96. The van der Waals surface area contributed by atoms with Crippen molar-refractivity contribution in [2.24, 2.45) is 11.3 Å². The van der Waals surface area contributed by atoms with Gasteiger partial charge in [0.1, 0.15) is 0 Å². The van der Waals surface area contributed by atoms with Crippen molar-refractivity contribution < 1.29 is 0 Å². The highest BCUT2D eigenvalue weighted by Gasteiger charge is 2.43. The molecule has 1 saturated carbocycles. The van der Waals surface area contributed by atoms with Gasteiger partial charge in [-0.1, -0.05) is 19.8 Å². The van der Waals surface area contributed by atoms with Crippen molar-refractivity contribution >= 4 is 11.8 Å². The lowest BCUT2D eigenvalue weighted by atomic mass is 9.67. The van der Waals surface area contributed by atoms with Gasteiger partial charge in [0, 0.05) is 13.1 Å². The first-order chi connectivity index (χ1) is 7.37. The van der Waals surface area contributed by atoms with Gasteiger partial charge in [-0.2, -0.15) is 11.8 Å². The summed E-state index contributed by atoms with van der Waals surface area (Å²) in [6.07, 6.45) is 8.95. The summed E-state index contributed by atoms with van der Waals surface area (Å²) in [6.45, 7) is 4.89. The third-order valence-corrected chi connectivity index (χ3v) is 5.33. The lowest BCUT2D eigenvalue weighted by molar-refractivity contribution is 0.0694. The summed E-state index contributed by atoms with van der Waals surface area (Å²) < 4.78 is 0. The zero-order valence-electron chi connectivity index (χ0n) is 10.1. The Kier molecular flexibility index (Phi) is 4.39. The molecular weight excluding hydrogens is 202 g/mol. The number of hydrogen-bond donors (Lipinski definition) is 1. The van der Waals surface area contributed by atoms with Crippen LogP contribution in [-0.2, 0) is 0 Å². The minimum absolute atomic E-state index is 0.727. The maximum absolute atomic E-state index is 3.51. The summed E-state index contributed by atoms with van der Waals surface area (Å²) in [6, 6.07) is 0. The second-order valence-electron chi connectivity index (χ2n) is 5.25. The van der Waals surface area contributed by atoms with Gasteiger partial charge in [0.05, 0.1) is 0 Å². The van der Waals surface area contributed by atoms with Crippen LogP contribution in [0.3, 0.4) is 0 Å². The molecule has 1 aliphatic heterocycles. The third kappa shape index (κ3) is 2.71. The van der Waals surface area contributed by atoms with E-state index in [-0.39, 0.29) is 0 Å². The van der Waals surface area contributed by atoms with E-state index in [1.165, 1.54) is 63.1 Å². The van der Waals surface area contributed by atoms with Crippen LogP contribution < -0.4 is 5.32 Å². The molecule has 0 atom stereocenters. The smallest absolute Gasteiger partial charge is 0.00229 e. The van der Waals surface area contributed by atoms with Gasteiger partial charge in [0.25, 0.3) is 0 Å². The second kappa shape index (κ2) is 5.58. The molecular formula is C13H25NS. The minimum atomic E-state index is 0.727. The van der Waals surface area contributed by atoms with Crippen LogP contribution in [0.15, 0.2) is 0 Å². The van der Waals surface area contributed by atoms with E-state index in [0.717, 1.165) is 11.3 Å². The molecule has 0 aromatic carbocycles. The fraction of sp³-hybridized carbons (Fsp3) is 1.00. The molecule has 0 aromatic heterocycles. The predicted molar refractivity (Wildman–Crippen MR) is 69.5 cm³/mol. The number of thioether (sulfide) groups is 1. The van der Waals surface area contributed by atoms with Gasteiger partial charge >= 0.3 is 0 Å². The Morgan fingerprint density at radius 2 is 2.00 bits per heavy atom. The Labute approximate surface area is 98.8 Å². The first kappa shape index (κ1) is 11.8. The lowest BCUT2D eigenvalue weighted by Crippen LogP contribution is -2.57. The molecule has 0 unspecified atom stereocenters. The van der Waals surface area contributed by atoms with Gasteiger partial charge < -0.3 is 5.32 Å². The van der Waals surface area contributed by atoms with Gasteiger partial charge in [0.2, 0.25) is 0 Å². The van der Waals surface area contributed by atoms with E-state index in [1.807, 2.05) is 0 Å². The molecule has 1 heterocycles. The zero-order valence-corrected chi connectivity index (χ0v) is 10.9. The second-order valence-corrected chi connectivity index (χ2v) is 6.64. The number of hydrogen-bond acceptors (Lipinski definition) is 2. The zero-order chi connectivity index (χ0) is 10.6. The molecule has 2 heteroatoms. The average molecular weight is 227 g/mol. The highest BCUT2D eigenvalue weighted by atomic mass is 32.2. The van der Waals surface area contributed by atoms with E-state index in [4.69, 9.17) is 0 Å². The Morgan fingerprint density at radius 3 is 2.53 bits per heavy atom. The number of nitrogens with one attached hydrogen (secondary N) is 1. The Hall–Kier alpha value is 0.310. The molecule has 1 saturated heterocycles. The lowest BCUT2D eigenvalue weighted by Gasteiger charge is -2.48. The first-order valence-electron chi connectivity index (χ1n) is 6.66. The molecule has 1 N–H and O–H groups in total. The molecule has 2 rings (SSSR count). The van der Waals surface area contributed by atoms with Gasteiger partial charge in [-0.15, -0.1) is 0 Å². The maximum Gasteiger partial charge on any atom is 0.00229 e. The average Bonchev–Trinajstić information content (AvgIpc) is 2.69. The van der Waals surface area contributed by atoms with Crippen LogP contribution in [-0.4, -0.2) is 24.6 Å². The van der Waals surface area contributed by atoms with Crippen LogP contribution >= 0.6 is 11.8 Å². The molecule has 2 aliphatic rings. The van der Waals surface area contributed by atoms with Crippen LogP contribution in [0.25, 0.3) is 0 Å². The van der Waals surface area contributed by atoms with Crippen molar-refractivity contribution in [2.45, 2.75) is 45.4 Å². The van der Waals surface area contributed by atoms with Crippen LogP contribution in [0.4, 0.5) is 0 Å². The van der Waals surface area contributed by atoms with Gasteiger partial charge in [0.15, 0.2) is 0 Å². The molecule has 1 aliphatic carbocycles. The van der Waals surface area contributed by atoms with Crippen molar-refractivity contribution in [3.8, 4) is 0 Å². The van der Waals surface area contributed by atoms with Crippen LogP contribution in [0.2, 0.25) is 0 Å². The predicted octanol–water partition coefficient (Wildman–Crippen LogP) is 3.30. The molecule has 0 aromatic rings. The highest BCUT2D eigenvalue weighted by Crippen LogP contribution is 2.45. The summed E-state index contributed by atoms with van der Waals surface area (Å²) in [5.41, 5.74) is 0.727.